The summed E-state index contributed by atoms with van der Waals surface area (Å²) in [7, 11) is 1.38. The first-order chi connectivity index (χ1) is 5.31. The van der Waals surface area contributed by atoms with Crippen LogP contribution in [0.2, 0.25) is 0 Å². The first-order valence-electron chi connectivity index (χ1n) is 4.38. The Bertz CT molecular complexity index is 82.1. The fourth-order valence-electron chi connectivity index (χ4n) is 1.03. The van der Waals surface area contributed by atoms with Crippen molar-refractivity contribution in [2.45, 2.75) is 45.4 Å². The summed E-state index contributed by atoms with van der Waals surface area (Å²) in [5.41, 5.74) is 0. The van der Waals surface area contributed by atoms with Gasteiger partial charge in [0.25, 0.3) is 0 Å². The van der Waals surface area contributed by atoms with Gasteiger partial charge in [-0.05, 0) is 0 Å². The fraction of sp³-hybridized carbons (Fsp3) is 0.889. The lowest BCUT2D eigenvalue weighted by molar-refractivity contribution is -0.140. The maximum atomic E-state index is 9.96. The van der Waals surface area contributed by atoms with E-state index in [9.17, 15) is 4.79 Å². The van der Waals surface area contributed by atoms with Gasteiger partial charge in [-0.2, -0.15) is 0 Å². The molecular formula is C9H18O2. The van der Waals surface area contributed by atoms with Gasteiger partial charge >= 0.3 is 5.97 Å². The van der Waals surface area contributed by atoms with Gasteiger partial charge in [0.15, 0.2) is 0 Å². The lowest BCUT2D eigenvalue weighted by Crippen LogP contribution is -1.94. The normalized spacial score (nSPS) is 15.1. The predicted molar refractivity (Wildman–Crippen MR) is 45.4 cm³/mol. The Kier molecular flexibility index (Phi) is 7.21. The van der Waals surface area contributed by atoms with E-state index in [1.165, 1.54) is 39.2 Å². The third kappa shape index (κ3) is 7.37. The first kappa shape index (κ1) is 10.5. The summed E-state index contributed by atoms with van der Waals surface area (Å²) in [6, 6.07) is 0. The van der Waals surface area contributed by atoms with E-state index in [4.69, 9.17) is 0 Å². The highest BCUT2D eigenvalue weighted by atomic mass is 16.5. The van der Waals surface area contributed by atoms with Crippen LogP contribution in [0.25, 0.3) is 0 Å². The van der Waals surface area contributed by atoms with E-state index < -0.39 is 0 Å². The fourth-order valence-corrected chi connectivity index (χ4v) is 1.03. The number of carbonyl (C=O) groups excluding carboxylic acids is 1. The van der Waals surface area contributed by atoms with Crippen molar-refractivity contribution >= 4 is 5.97 Å². The van der Waals surface area contributed by atoms with Crippen LogP contribution in [0.5, 0.6) is 0 Å². The van der Waals surface area contributed by atoms with E-state index in [1.54, 1.807) is 6.92 Å². The van der Waals surface area contributed by atoms with Gasteiger partial charge in [0.05, 0.1) is 7.11 Å². The Morgan fingerprint density at radius 3 is 1.64 bits per heavy atom. The molecule has 0 saturated heterocycles. The van der Waals surface area contributed by atoms with Gasteiger partial charge in [-0.3, -0.25) is 4.79 Å². The van der Waals surface area contributed by atoms with Gasteiger partial charge in [-0.25, -0.2) is 0 Å². The molecule has 0 aromatic heterocycles. The number of hydrogen-bond acceptors (Lipinski definition) is 2. The lowest BCUT2D eigenvalue weighted by Gasteiger charge is -1.87. The van der Waals surface area contributed by atoms with Gasteiger partial charge in [0.2, 0.25) is 0 Å². The average Bonchev–Trinajstić information content (AvgIpc) is 2.60. The second kappa shape index (κ2) is 7.58. The molecule has 11 heavy (non-hydrogen) atoms. The van der Waals surface area contributed by atoms with E-state index in [2.05, 4.69) is 4.74 Å². The van der Waals surface area contributed by atoms with Crippen molar-refractivity contribution in [2.24, 2.45) is 0 Å². The van der Waals surface area contributed by atoms with Crippen LogP contribution < -0.4 is 0 Å². The molecule has 0 aromatic rings. The second-order valence-corrected chi connectivity index (χ2v) is 2.70. The summed E-state index contributed by atoms with van der Waals surface area (Å²) >= 11 is 0. The van der Waals surface area contributed by atoms with Crippen LogP contribution in [0.4, 0.5) is 0 Å². The summed E-state index contributed by atoms with van der Waals surface area (Å²) in [5.74, 6) is -0.157. The molecule has 0 aliphatic heterocycles. The monoisotopic (exact) mass is 158 g/mol. The van der Waals surface area contributed by atoms with Crippen molar-refractivity contribution in [1.29, 1.82) is 0 Å². The molecule has 2 nitrogen and oxygen atoms in total. The standard InChI is InChI=1S/C5H10.C4H8O2/c1-2-4-5-3-1;1-3-4(5)6-2/h1-5H2;3H2,1-2H3. The number of ether oxygens (including phenoxy) is 1. The second-order valence-electron chi connectivity index (χ2n) is 2.70. The van der Waals surface area contributed by atoms with Crippen LogP contribution in [-0.2, 0) is 9.53 Å². The number of methoxy groups -OCH3 is 1. The number of hydrogen-bond donors (Lipinski definition) is 0. The molecule has 1 aliphatic carbocycles. The van der Waals surface area contributed by atoms with Crippen molar-refractivity contribution in [3.8, 4) is 0 Å². The van der Waals surface area contributed by atoms with Crippen molar-refractivity contribution in [3.63, 3.8) is 0 Å². The molecule has 0 aromatic carbocycles. The Balaban J connectivity index is 0.000000183. The molecule has 1 fully saturated rings. The zero-order valence-electron chi connectivity index (χ0n) is 7.56. The number of esters is 1. The molecule has 0 atom stereocenters. The zero-order chi connectivity index (χ0) is 8.53. The van der Waals surface area contributed by atoms with Crippen LogP contribution in [0, 0.1) is 0 Å². The smallest absolute Gasteiger partial charge is 0.305 e. The van der Waals surface area contributed by atoms with Crippen LogP contribution >= 0.6 is 0 Å². The predicted octanol–water partition coefficient (Wildman–Crippen LogP) is 2.52. The third-order valence-electron chi connectivity index (χ3n) is 1.77. The number of carbonyl (C=O) groups is 1. The zero-order valence-corrected chi connectivity index (χ0v) is 7.56. The summed E-state index contributed by atoms with van der Waals surface area (Å²) in [4.78, 5) is 9.96. The highest BCUT2D eigenvalue weighted by Crippen LogP contribution is 2.15. The van der Waals surface area contributed by atoms with E-state index >= 15 is 0 Å². The Hall–Kier alpha value is -0.530. The molecule has 0 bridgehead atoms. The maximum Gasteiger partial charge on any atom is 0.305 e. The SMILES string of the molecule is C1CCCC1.CCC(=O)OC. The molecule has 0 heterocycles. The quantitative estimate of drug-likeness (QED) is 0.548. The molecule has 0 spiro atoms. The van der Waals surface area contributed by atoms with E-state index in [0.717, 1.165) is 0 Å². The highest BCUT2D eigenvalue weighted by molar-refractivity contribution is 5.68. The minimum Gasteiger partial charge on any atom is -0.469 e. The third-order valence-corrected chi connectivity index (χ3v) is 1.77. The van der Waals surface area contributed by atoms with E-state index in [-0.39, 0.29) is 5.97 Å². The molecule has 1 saturated carbocycles. The minimum atomic E-state index is -0.157. The van der Waals surface area contributed by atoms with E-state index in [0.29, 0.717) is 6.42 Å². The van der Waals surface area contributed by atoms with E-state index in [1.807, 2.05) is 0 Å². The molecular weight excluding hydrogens is 140 g/mol. The molecule has 0 N–H and O–H groups in total. The average molecular weight is 158 g/mol. The molecule has 1 rings (SSSR count). The van der Waals surface area contributed by atoms with Crippen molar-refractivity contribution in [2.75, 3.05) is 7.11 Å². The Labute approximate surface area is 68.9 Å². The van der Waals surface area contributed by atoms with Crippen molar-refractivity contribution in [3.05, 3.63) is 0 Å². The van der Waals surface area contributed by atoms with Crippen LogP contribution in [-0.4, -0.2) is 13.1 Å². The molecule has 0 unspecified atom stereocenters. The topological polar surface area (TPSA) is 26.3 Å². The highest BCUT2D eigenvalue weighted by Gasteiger charge is 1.95. The number of rotatable bonds is 1. The Morgan fingerprint density at radius 1 is 1.18 bits per heavy atom. The van der Waals surface area contributed by atoms with Gasteiger partial charge in [-0.15, -0.1) is 0 Å². The van der Waals surface area contributed by atoms with Crippen LogP contribution in [0.1, 0.15) is 45.4 Å². The van der Waals surface area contributed by atoms with Crippen molar-refractivity contribution in [1.82, 2.24) is 0 Å². The molecule has 0 amide bonds. The molecule has 1 aliphatic rings. The van der Waals surface area contributed by atoms with Gasteiger partial charge in [-0.1, -0.05) is 39.0 Å². The lowest BCUT2D eigenvalue weighted by atomic mass is 10.4. The molecule has 2 heteroatoms. The summed E-state index contributed by atoms with van der Waals surface area (Å²) in [6.07, 6.45) is 7.97. The van der Waals surface area contributed by atoms with Gasteiger partial charge in [0, 0.05) is 6.42 Å². The molecule has 0 radical (unpaired) electrons. The summed E-state index contributed by atoms with van der Waals surface area (Å²) < 4.78 is 4.26. The molecule has 66 valence electrons. The van der Waals surface area contributed by atoms with Gasteiger partial charge < -0.3 is 4.74 Å². The van der Waals surface area contributed by atoms with Crippen molar-refractivity contribution < 1.29 is 9.53 Å². The van der Waals surface area contributed by atoms with Gasteiger partial charge in [0.1, 0.15) is 0 Å². The summed E-state index contributed by atoms with van der Waals surface area (Å²) in [6.45, 7) is 1.76. The Morgan fingerprint density at radius 2 is 1.55 bits per heavy atom. The minimum absolute atomic E-state index is 0.157. The van der Waals surface area contributed by atoms with Crippen LogP contribution in [0.3, 0.4) is 0 Å². The maximum absolute atomic E-state index is 9.96. The van der Waals surface area contributed by atoms with Crippen LogP contribution in [0.15, 0.2) is 0 Å². The largest absolute Gasteiger partial charge is 0.469 e. The first-order valence-corrected chi connectivity index (χ1v) is 4.38. The summed E-state index contributed by atoms with van der Waals surface area (Å²) in [5, 5.41) is 0.